The highest BCUT2D eigenvalue weighted by Gasteiger charge is 2.29. The summed E-state index contributed by atoms with van der Waals surface area (Å²) in [5, 5.41) is -1.04. The van der Waals surface area contributed by atoms with Gasteiger partial charge in [-0.25, -0.2) is 13.1 Å². The molecule has 2 atom stereocenters. The van der Waals surface area contributed by atoms with Crippen LogP contribution in [0.15, 0.2) is 0 Å². The lowest BCUT2D eigenvalue weighted by Gasteiger charge is -2.20. The number of amides is 1. The van der Waals surface area contributed by atoms with Gasteiger partial charge in [0.1, 0.15) is 0 Å². The highest BCUT2D eigenvalue weighted by Crippen LogP contribution is 2.07. The minimum atomic E-state index is -3.58. The van der Waals surface area contributed by atoms with Gasteiger partial charge in [-0.15, -0.1) is 0 Å². The Bertz CT molecular complexity index is 352. The fourth-order valence-corrected chi connectivity index (χ4v) is 3.00. The summed E-state index contributed by atoms with van der Waals surface area (Å²) in [6, 6.07) is -0.126. The van der Waals surface area contributed by atoms with Crippen LogP contribution >= 0.6 is 0 Å². The molecule has 18 heavy (non-hydrogen) atoms. The molecule has 0 rings (SSSR count). The fraction of sp³-hybridized carbons (Fsp3) is 0.917. The molecular formula is C12H26N2O3S. The number of hydrogen-bond donors (Lipinski definition) is 1. The molecule has 0 aromatic heterocycles. The lowest BCUT2D eigenvalue weighted by Crippen LogP contribution is -2.45. The van der Waals surface area contributed by atoms with Gasteiger partial charge < -0.3 is 4.90 Å². The van der Waals surface area contributed by atoms with Gasteiger partial charge in [-0.2, -0.15) is 0 Å². The van der Waals surface area contributed by atoms with Crippen molar-refractivity contribution in [2.24, 2.45) is 0 Å². The third-order valence-electron chi connectivity index (χ3n) is 2.86. The number of hydrogen-bond acceptors (Lipinski definition) is 3. The lowest BCUT2D eigenvalue weighted by molar-refractivity contribution is -0.127. The summed E-state index contributed by atoms with van der Waals surface area (Å²) in [7, 11) is -0.473. The Labute approximate surface area is 111 Å². The molecule has 6 heteroatoms. The van der Waals surface area contributed by atoms with E-state index in [1.807, 2.05) is 6.92 Å². The van der Waals surface area contributed by atoms with Crippen LogP contribution in [-0.2, 0) is 14.8 Å². The van der Waals surface area contributed by atoms with Gasteiger partial charge in [0.25, 0.3) is 0 Å². The van der Waals surface area contributed by atoms with Crippen LogP contribution in [0.5, 0.6) is 0 Å². The van der Waals surface area contributed by atoms with Gasteiger partial charge >= 0.3 is 0 Å². The van der Waals surface area contributed by atoms with Crippen LogP contribution in [0.25, 0.3) is 0 Å². The molecule has 0 saturated carbocycles. The van der Waals surface area contributed by atoms with Crippen molar-refractivity contribution in [2.45, 2.75) is 57.7 Å². The first-order valence-electron chi connectivity index (χ1n) is 6.44. The molecule has 0 aliphatic carbocycles. The third-order valence-corrected chi connectivity index (χ3v) is 4.72. The van der Waals surface area contributed by atoms with E-state index in [9.17, 15) is 13.2 Å². The second kappa shape index (κ2) is 7.74. The average molecular weight is 278 g/mol. The maximum absolute atomic E-state index is 12.0. The smallest absolute Gasteiger partial charge is 0.241 e. The first-order valence-corrected chi connectivity index (χ1v) is 7.99. The van der Waals surface area contributed by atoms with Gasteiger partial charge in [0.15, 0.2) is 5.25 Å². The zero-order valence-corrected chi connectivity index (χ0v) is 12.9. The summed E-state index contributed by atoms with van der Waals surface area (Å²) < 4.78 is 26.5. The van der Waals surface area contributed by atoms with Crippen LogP contribution in [0.3, 0.4) is 0 Å². The van der Waals surface area contributed by atoms with Crippen molar-refractivity contribution < 1.29 is 13.2 Å². The molecule has 0 aromatic rings. The number of nitrogens with zero attached hydrogens (tertiary/aromatic N) is 1. The minimum absolute atomic E-state index is 0.126. The molecule has 108 valence electrons. The molecular weight excluding hydrogens is 252 g/mol. The summed E-state index contributed by atoms with van der Waals surface area (Å²) in [6.45, 7) is 5.36. The van der Waals surface area contributed by atoms with Crippen molar-refractivity contribution in [3.05, 3.63) is 0 Å². The molecule has 1 amide bonds. The van der Waals surface area contributed by atoms with E-state index in [-0.39, 0.29) is 6.04 Å². The maximum Gasteiger partial charge on any atom is 0.241 e. The summed E-state index contributed by atoms with van der Waals surface area (Å²) in [5.74, 6) is -0.400. The quantitative estimate of drug-likeness (QED) is 0.682. The van der Waals surface area contributed by atoms with Crippen molar-refractivity contribution in [1.82, 2.24) is 9.62 Å². The summed E-state index contributed by atoms with van der Waals surface area (Å²) >= 11 is 0. The Morgan fingerprint density at radius 1 is 1.22 bits per heavy atom. The van der Waals surface area contributed by atoms with Crippen molar-refractivity contribution in [1.29, 1.82) is 0 Å². The predicted molar refractivity (Wildman–Crippen MR) is 73.8 cm³/mol. The standard InChI is InChI=1S/C12H26N2O3S/c1-6-7-8-9-10(2)13-18(16,17)11(3)12(15)14(4)5/h10-11,13H,6-9H2,1-5H3/t10-,11-/m1/s1. The lowest BCUT2D eigenvalue weighted by atomic mass is 10.1. The number of sulfonamides is 1. The van der Waals surface area contributed by atoms with Crippen LogP contribution in [0.1, 0.15) is 46.5 Å². The first kappa shape index (κ1) is 17.4. The van der Waals surface area contributed by atoms with Crippen LogP contribution < -0.4 is 4.72 Å². The molecule has 0 saturated heterocycles. The molecule has 0 aliphatic rings. The SMILES string of the molecule is CCCCC[C@@H](C)NS(=O)(=O)[C@H](C)C(=O)N(C)C. The molecule has 0 bridgehead atoms. The van der Waals surface area contributed by atoms with Crippen molar-refractivity contribution in [3.8, 4) is 0 Å². The summed E-state index contributed by atoms with van der Waals surface area (Å²) in [4.78, 5) is 12.9. The molecule has 0 fully saturated rings. The van der Waals surface area contributed by atoms with Gasteiger partial charge in [0.2, 0.25) is 15.9 Å². The number of carbonyl (C=O) groups is 1. The number of nitrogens with one attached hydrogen (secondary N) is 1. The van der Waals surface area contributed by atoms with E-state index in [0.29, 0.717) is 0 Å². The third kappa shape index (κ3) is 5.82. The van der Waals surface area contributed by atoms with Gasteiger partial charge in [0.05, 0.1) is 0 Å². The Hall–Kier alpha value is -0.620. The van der Waals surface area contributed by atoms with Crippen LogP contribution in [0.2, 0.25) is 0 Å². The average Bonchev–Trinajstić information content (AvgIpc) is 2.26. The summed E-state index contributed by atoms with van der Waals surface area (Å²) in [6.07, 6.45) is 4.00. The Morgan fingerprint density at radius 3 is 2.22 bits per heavy atom. The zero-order chi connectivity index (χ0) is 14.3. The van der Waals surface area contributed by atoms with Gasteiger partial charge in [-0.3, -0.25) is 4.79 Å². The monoisotopic (exact) mass is 278 g/mol. The topological polar surface area (TPSA) is 66.5 Å². The van der Waals surface area contributed by atoms with E-state index in [1.165, 1.54) is 11.8 Å². The number of unbranched alkanes of at least 4 members (excludes halogenated alkanes) is 2. The van der Waals surface area contributed by atoms with E-state index in [4.69, 9.17) is 0 Å². The Balaban J connectivity index is 4.42. The van der Waals surface area contributed by atoms with Crippen LogP contribution in [0.4, 0.5) is 0 Å². The van der Waals surface area contributed by atoms with Crippen LogP contribution in [0, 0.1) is 0 Å². The maximum atomic E-state index is 12.0. The first-order chi connectivity index (χ1) is 8.22. The van der Waals surface area contributed by atoms with Crippen molar-refractivity contribution in [2.75, 3.05) is 14.1 Å². The van der Waals surface area contributed by atoms with E-state index in [0.717, 1.165) is 25.7 Å². The largest absolute Gasteiger partial charge is 0.348 e. The molecule has 0 aromatic carbocycles. The highest BCUT2D eigenvalue weighted by atomic mass is 32.2. The van der Waals surface area contributed by atoms with E-state index in [2.05, 4.69) is 11.6 Å². The Kier molecular flexibility index (Phi) is 7.47. The molecule has 5 nitrogen and oxygen atoms in total. The second-order valence-electron chi connectivity index (χ2n) is 4.93. The molecule has 0 aliphatic heterocycles. The molecule has 1 N–H and O–H groups in total. The fourth-order valence-electron chi connectivity index (χ4n) is 1.64. The molecule has 0 heterocycles. The van der Waals surface area contributed by atoms with E-state index >= 15 is 0 Å². The highest BCUT2D eigenvalue weighted by molar-refractivity contribution is 7.90. The molecule has 0 spiro atoms. The number of rotatable bonds is 8. The molecule has 0 radical (unpaired) electrons. The van der Waals surface area contributed by atoms with Crippen molar-refractivity contribution in [3.63, 3.8) is 0 Å². The Morgan fingerprint density at radius 2 is 1.78 bits per heavy atom. The van der Waals surface area contributed by atoms with E-state index < -0.39 is 21.2 Å². The predicted octanol–water partition coefficient (Wildman–Crippen LogP) is 1.35. The second-order valence-corrected chi connectivity index (χ2v) is 6.97. The van der Waals surface area contributed by atoms with Gasteiger partial charge in [-0.1, -0.05) is 26.2 Å². The number of carbonyl (C=O) groups excluding carboxylic acids is 1. The van der Waals surface area contributed by atoms with Crippen molar-refractivity contribution >= 4 is 15.9 Å². The van der Waals surface area contributed by atoms with Crippen LogP contribution in [-0.4, -0.2) is 44.6 Å². The summed E-state index contributed by atoms with van der Waals surface area (Å²) in [5.41, 5.74) is 0. The zero-order valence-electron chi connectivity index (χ0n) is 12.1. The van der Waals surface area contributed by atoms with E-state index in [1.54, 1.807) is 14.1 Å². The normalized spacial score (nSPS) is 15.2. The minimum Gasteiger partial charge on any atom is -0.348 e. The van der Waals surface area contributed by atoms with Gasteiger partial charge in [0, 0.05) is 20.1 Å². The molecule has 0 unspecified atom stereocenters. The van der Waals surface area contributed by atoms with Gasteiger partial charge in [-0.05, 0) is 20.3 Å².